The van der Waals surface area contributed by atoms with Gasteiger partial charge in [0.05, 0.1) is 11.4 Å². The van der Waals surface area contributed by atoms with Crippen molar-refractivity contribution < 1.29 is 10.0 Å². The number of imidazole rings is 1. The molecule has 3 heterocycles. The van der Waals surface area contributed by atoms with Gasteiger partial charge in [-0.25, -0.2) is 15.4 Å². The van der Waals surface area contributed by atoms with Gasteiger partial charge in [0.1, 0.15) is 16.3 Å². The summed E-state index contributed by atoms with van der Waals surface area (Å²) in [6.45, 7) is 2.92. The first kappa shape index (κ1) is 22.7. The quantitative estimate of drug-likeness (QED) is 0.309. The van der Waals surface area contributed by atoms with E-state index >= 15 is 0 Å². The van der Waals surface area contributed by atoms with Crippen LogP contribution in [0.2, 0.25) is 0 Å². The van der Waals surface area contributed by atoms with Crippen molar-refractivity contribution in [1.29, 1.82) is 0 Å². The smallest absolute Gasteiger partial charge is 0.274 e. The number of aromatic nitrogens is 3. The summed E-state index contributed by atoms with van der Waals surface area (Å²) < 4.78 is 2.14. The van der Waals surface area contributed by atoms with Crippen LogP contribution in [0, 0.1) is 6.92 Å². The molecule has 7 nitrogen and oxygen atoms in total. The number of aryl methyl sites for hydroxylation is 1. The Labute approximate surface area is 203 Å². The predicted molar refractivity (Wildman–Crippen MR) is 133 cm³/mol. The van der Waals surface area contributed by atoms with Crippen LogP contribution in [0.1, 0.15) is 57.9 Å². The Morgan fingerprint density at radius 1 is 1.18 bits per heavy atom. The van der Waals surface area contributed by atoms with E-state index in [4.69, 9.17) is 15.2 Å². The van der Waals surface area contributed by atoms with Gasteiger partial charge < -0.3 is 4.90 Å². The molecule has 1 aliphatic rings. The van der Waals surface area contributed by atoms with Gasteiger partial charge in [-0.3, -0.25) is 14.4 Å². The number of nitrogens with zero attached hydrogens (tertiary/aromatic N) is 4. The SMILES string of the molecule is Cc1nc2cc(CN(C)C)ccn2c1-c1csc(C2(c3ccc(C(=O)NO)cc3)CCCC2)n1. The van der Waals surface area contributed by atoms with Gasteiger partial charge in [-0.2, -0.15) is 0 Å². The van der Waals surface area contributed by atoms with Crippen molar-refractivity contribution in [3.63, 3.8) is 0 Å². The number of carbonyl (C=O) groups is 1. The summed E-state index contributed by atoms with van der Waals surface area (Å²) in [7, 11) is 4.13. The highest BCUT2D eigenvalue weighted by molar-refractivity contribution is 7.10. The lowest BCUT2D eigenvalue weighted by molar-refractivity contribution is 0.0706. The highest BCUT2D eigenvalue weighted by atomic mass is 32.1. The van der Waals surface area contributed by atoms with Crippen molar-refractivity contribution in [3.05, 3.63) is 75.4 Å². The number of hydrogen-bond acceptors (Lipinski definition) is 6. The number of rotatable bonds is 6. The largest absolute Gasteiger partial charge is 0.305 e. The molecule has 8 heteroatoms. The highest BCUT2D eigenvalue weighted by Gasteiger charge is 2.40. The molecule has 0 aliphatic heterocycles. The second kappa shape index (κ2) is 8.94. The van der Waals surface area contributed by atoms with Gasteiger partial charge in [0.2, 0.25) is 0 Å². The molecule has 1 amide bonds. The molecular weight excluding hydrogens is 446 g/mol. The number of nitrogens with one attached hydrogen (secondary N) is 1. The molecule has 1 fully saturated rings. The number of pyridine rings is 1. The third-order valence-electron chi connectivity index (χ3n) is 6.78. The maximum absolute atomic E-state index is 11.8. The number of benzene rings is 1. The van der Waals surface area contributed by atoms with Crippen LogP contribution in [0.5, 0.6) is 0 Å². The van der Waals surface area contributed by atoms with Crippen LogP contribution < -0.4 is 5.48 Å². The number of hydrogen-bond donors (Lipinski definition) is 2. The van der Waals surface area contributed by atoms with Gasteiger partial charge in [0, 0.05) is 29.1 Å². The molecular formula is C26H29N5O2S. The molecule has 1 aliphatic carbocycles. The lowest BCUT2D eigenvalue weighted by Crippen LogP contribution is -2.24. The Bertz CT molecular complexity index is 1330. The van der Waals surface area contributed by atoms with Crippen molar-refractivity contribution >= 4 is 22.9 Å². The van der Waals surface area contributed by atoms with Gasteiger partial charge >= 0.3 is 0 Å². The van der Waals surface area contributed by atoms with Crippen LogP contribution in [0.4, 0.5) is 0 Å². The second-order valence-electron chi connectivity index (χ2n) is 9.39. The molecule has 2 N–H and O–H groups in total. The fraction of sp³-hybridized carbons (Fsp3) is 0.346. The number of fused-ring (bicyclic) bond motifs is 1. The van der Waals surface area contributed by atoms with Crippen LogP contribution in [-0.4, -0.2) is 44.5 Å². The number of carbonyl (C=O) groups excluding carboxylic acids is 1. The first-order chi connectivity index (χ1) is 16.4. The summed E-state index contributed by atoms with van der Waals surface area (Å²) >= 11 is 1.70. The Hall–Kier alpha value is -3.07. The molecule has 3 aromatic heterocycles. The minimum Gasteiger partial charge on any atom is -0.305 e. The second-order valence-corrected chi connectivity index (χ2v) is 10.3. The third-order valence-corrected chi connectivity index (χ3v) is 7.82. The monoisotopic (exact) mass is 475 g/mol. The zero-order valence-corrected chi connectivity index (χ0v) is 20.5. The molecule has 0 atom stereocenters. The zero-order valence-electron chi connectivity index (χ0n) is 19.7. The summed E-state index contributed by atoms with van der Waals surface area (Å²) in [6.07, 6.45) is 6.46. The molecule has 1 aromatic carbocycles. The average molecular weight is 476 g/mol. The van der Waals surface area contributed by atoms with E-state index in [-0.39, 0.29) is 5.41 Å². The van der Waals surface area contributed by atoms with Crippen LogP contribution in [-0.2, 0) is 12.0 Å². The molecule has 0 radical (unpaired) electrons. The first-order valence-corrected chi connectivity index (χ1v) is 12.4. The fourth-order valence-electron chi connectivity index (χ4n) is 5.19. The molecule has 0 unspecified atom stereocenters. The van der Waals surface area contributed by atoms with Crippen molar-refractivity contribution in [2.24, 2.45) is 0 Å². The fourth-order valence-corrected chi connectivity index (χ4v) is 6.27. The van der Waals surface area contributed by atoms with E-state index in [1.807, 2.05) is 19.1 Å². The zero-order chi connectivity index (χ0) is 23.9. The van der Waals surface area contributed by atoms with Crippen LogP contribution in [0.25, 0.3) is 17.0 Å². The maximum atomic E-state index is 11.8. The predicted octanol–water partition coefficient (Wildman–Crippen LogP) is 4.81. The summed E-state index contributed by atoms with van der Waals surface area (Å²) in [5.41, 5.74) is 8.30. The van der Waals surface area contributed by atoms with E-state index in [1.165, 1.54) is 11.1 Å². The standard InChI is InChI=1S/C26H29N5O2S/c1-17-23(31-13-10-18(15-30(2)3)14-22(31)27-17)21-16-34-25(28-21)26(11-4-5-12-26)20-8-6-19(7-9-20)24(32)29-33/h6-10,13-14,16,33H,4-5,11-12,15H2,1-3H3,(H,29,32). The van der Waals surface area contributed by atoms with E-state index in [1.54, 1.807) is 28.9 Å². The summed E-state index contributed by atoms with van der Waals surface area (Å²) in [5, 5.41) is 12.2. The van der Waals surface area contributed by atoms with Gasteiger partial charge in [0.15, 0.2) is 0 Å². The van der Waals surface area contributed by atoms with E-state index in [0.717, 1.165) is 60.0 Å². The summed E-state index contributed by atoms with van der Waals surface area (Å²) in [4.78, 5) is 23.9. The molecule has 34 heavy (non-hydrogen) atoms. The minimum atomic E-state index is -0.500. The van der Waals surface area contributed by atoms with E-state index < -0.39 is 5.91 Å². The number of amides is 1. The minimum absolute atomic E-state index is 0.148. The normalized spacial score (nSPS) is 15.3. The number of thiazole rings is 1. The average Bonchev–Trinajstić information content (AvgIpc) is 3.56. The topological polar surface area (TPSA) is 82.8 Å². The van der Waals surface area contributed by atoms with Gasteiger partial charge in [-0.15, -0.1) is 11.3 Å². The Morgan fingerprint density at radius 3 is 2.59 bits per heavy atom. The lowest BCUT2D eigenvalue weighted by Gasteiger charge is -2.27. The van der Waals surface area contributed by atoms with Crippen molar-refractivity contribution in [2.45, 2.75) is 44.6 Å². The molecule has 4 aromatic rings. The molecule has 176 valence electrons. The summed E-state index contributed by atoms with van der Waals surface area (Å²) in [6, 6.07) is 11.8. The van der Waals surface area contributed by atoms with Crippen molar-refractivity contribution in [3.8, 4) is 11.4 Å². The number of hydroxylamine groups is 1. The Balaban J connectivity index is 1.53. The van der Waals surface area contributed by atoms with Gasteiger partial charge in [0.25, 0.3) is 5.91 Å². The highest BCUT2D eigenvalue weighted by Crippen LogP contribution is 2.48. The summed E-state index contributed by atoms with van der Waals surface area (Å²) in [5.74, 6) is -0.500. The Kier molecular flexibility index (Phi) is 5.97. The van der Waals surface area contributed by atoms with Crippen molar-refractivity contribution in [1.82, 2.24) is 24.7 Å². The molecule has 1 saturated carbocycles. The molecule has 0 saturated heterocycles. The first-order valence-electron chi connectivity index (χ1n) is 11.5. The maximum Gasteiger partial charge on any atom is 0.274 e. The van der Waals surface area contributed by atoms with Crippen LogP contribution >= 0.6 is 11.3 Å². The van der Waals surface area contributed by atoms with Gasteiger partial charge in [-0.05, 0) is 69.3 Å². The Morgan fingerprint density at radius 2 is 1.91 bits per heavy atom. The third kappa shape index (κ3) is 3.91. The van der Waals surface area contributed by atoms with Gasteiger partial charge in [-0.1, -0.05) is 25.0 Å². The lowest BCUT2D eigenvalue weighted by atomic mass is 9.79. The van der Waals surface area contributed by atoms with Crippen LogP contribution in [0.3, 0.4) is 0 Å². The molecule has 5 rings (SSSR count). The molecule has 0 spiro atoms. The van der Waals surface area contributed by atoms with E-state index in [0.29, 0.717) is 5.56 Å². The van der Waals surface area contributed by atoms with E-state index in [9.17, 15) is 4.79 Å². The van der Waals surface area contributed by atoms with Crippen LogP contribution in [0.15, 0.2) is 48.0 Å². The molecule has 0 bridgehead atoms. The van der Waals surface area contributed by atoms with E-state index in [2.05, 4.69) is 47.1 Å². The van der Waals surface area contributed by atoms with Crippen molar-refractivity contribution in [2.75, 3.05) is 14.1 Å².